The maximum Gasteiger partial charge on any atom is 0.0149 e. The van der Waals surface area contributed by atoms with Crippen LogP contribution in [0, 0.1) is 5.92 Å². The molecule has 0 aromatic carbocycles. The van der Waals surface area contributed by atoms with Crippen molar-refractivity contribution in [2.24, 2.45) is 5.92 Å². The fourth-order valence-corrected chi connectivity index (χ4v) is 0.502. The van der Waals surface area contributed by atoms with Crippen molar-refractivity contribution >= 4 is 11.6 Å². The number of hydrogen-bond donors (Lipinski definition) is 0. The van der Waals surface area contributed by atoms with Crippen LogP contribution in [-0.4, -0.2) is 0 Å². The molecular weight excluding hydrogens is 144 g/mol. The molecule has 0 aromatic rings. The summed E-state index contributed by atoms with van der Waals surface area (Å²) in [7, 11) is 0. The molecule has 0 N–H and O–H groups in total. The molecule has 0 saturated heterocycles. The Hall–Kier alpha value is -0.230. The van der Waals surface area contributed by atoms with Crippen molar-refractivity contribution in [3.8, 4) is 0 Å². The van der Waals surface area contributed by atoms with E-state index in [-0.39, 0.29) is 0 Å². The normalized spacial score (nSPS) is 14.6. The van der Waals surface area contributed by atoms with E-state index in [9.17, 15) is 0 Å². The molecular formula is C9H15Cl. The van der Waals surface area contributed by atoms with Crippen LogP contribution in [0.2, 0.25) is 0 Å². The van der Waals surface area contributed by atoms with Crippen molar-refractivity contribution in [2.75, 3.05) is 0 Å². The average molecular weight is 159 g/mol. The van der Waals surface area contributed by atoms with Crippen molar-refractivity contribution in [1.82, 2.24) is 0 Å². The van der Waals surface area contributed by atoms with Crippen LogP contribution in [0.3, 0.4) is 0 Å². The van der Waals surface area contributed by atoms with Crippen LogP contribution in [0.5, 0.6) is 0 Å². The zero-order valence-corrected chi connectivity index (χ0v) is 7.87. The summed E-state index contributed by atoms with van der Waals surface area (Å²) in [6, 6.07) is 0. The van der Waals surface area contributed by atoms with E-state index in [1.54, 1.807) is 0 Å². The second-order valence-electron chi connectivity index (χ2n) is 2.82. The highest BCUT2D eigenvalue weighted by molar-refractivity contribution is 6.29. The van der Waals surface area contributed by atoms with Gasteiger partial charge in [0.2, 0.25) is 0 Å². The average Bonchev–Trinajstić information content (AvgIpc) is 1.82. The van der Waals surface area contributed by atoms with Crippen molar-refractivity contribution in [1.29, 1.82) is 0 Å². The zero-order chi connectivity index (χ0) is 8.15. The van der Waals surface area contributed by atoms with Gasteiger partial charge in [-0.3, -0.25) is 0 Å². The highest BCUT2D eigenvalue weighted by atomic mass is 35.5. The SMILES string of the molecule is C/C(Cl)=C\C=C(/C)C(C)C. The van der Waals surface area contributed by atoms with Crippen molar-refractivity contribution in [3.05, 3.63) is 22.8 Å². The van der Waals surface area contributed by atoms with Gasteiger partial charge in [-0.1, -0.05) is 37.1 Å². The molecule has 1 heteroatoms. The monoisotopic (exact) mass is 158 g/mol. The number of hydrogen-bond acceptors (Lipinski definition) is 0. The lowest BCUT2D eigenvalue weighted by molar-refractivity contribution is 0.769. The maximum absolute atomic E-state index is 5.64. The van der Waals surface area contributed by atoms with Gasteiger partial charge < -0.3 is 0 Å². The van der Waals surface area contributed by atoms with E-state index in [0.29, 0.717) is 5.92 Å². The molecule has 58 valence electrons. The minimum atomic E-state index is 0.618. The summed E-state index contributed by atoms with van der Waals surface area (Å²) in [5.74, 6) is 0.618. The van der Waals surface area contributed by atoms with Gasteiger partial charge in [-0.2, -0.15) is 0 Å². The molecule has 0 radical (unpaired) electrons. The van der Waals surface area contributed by atoms with Crippen LogP contribution in [0.15, 0.2) is 22.8 Å². The van der Waals surface area contributed by atoms with Gasteiger partial charge >= 0.3 is 0 Å². The molecule has 0 fully saturated rings. The Balaban J connectivity index is 4.05. The zero-order valence-electron chi connectivity index (χ0n) is 7.11. The third-order valence-corrected chi connectivity index (χ3v) is 1.61. The van der Waals surface area contributed by atoms with E-state index >= 15 is 0 Å². The smallest absolute Gasteiger partial charge is 0.0149 e. The van der Waals surface area contributed by atoms with Crippen LogP contribution in [0.4, 0.5) is 0 Å². The predicted octanol–water partition coefficient (Wildman–Crippen LogP) is 3.73. The van der Waals surface area contributed by atoms with Gasteiger partial charge in [0.05, 0.1) is 0 Å². The van der Waals surface area contributed by atoms with Gasteiger partial charge in [0, 0.05) is 5.03 Å². The maximum atomic E-state index is 5.64. The van der Waals surface area contributed by atoms with E-state index in [1.807, 2.05) is 13.0 Å². The molecule has 0 unspecified atom stereocenters. The van der Waals surface area contributed by atoms with E-state index in [0.717, 1.165) is 5.03 Å². The first kappa shape index (κ1) is 9.77. The molecule has 0 aliphatic heterocycles. The Kier molecular flexibility index (Phi) is 4.46. The molecule has 0 atom stereocenters. The van der Waals surface area contributed by atoms with Crippen LogP contribution in [0.1, 0.15) is 27.7 Å². The Morgan fingerprint density at radius 1 is 1.20 bits per heavy atom. The highest BCUT2D eigenvalue weighted by Crippen LogP contribution is 2.09. The first-order valence-electron chi connectivity index (χ1n) is 3.54. The van der Waals surface area contributed by atoms with Crippen molar-refractivity contribution < 1.29 is 0 Å². The highest BCUT2D eigenvalue weighted by Gasteiger charge is 1.92. The van der Waals surface area contributed by atoms with Gasteiger partial charge in [0.15, 0.2) is 0 Å². The quantitative estimate of drug-likeness (QED) is 0.538. The van der Waals surface area contributed by atoms with Crippen LogP contribution in [0.25, 0.3) is 0 Å². The molecule has 10 heavy (non-hydrogen) atoms. The van der Waals surface area contributed by atoms with Crippen LogP contribution in [-0.2, 0) is 0 Å². The first-order chi connectivity index (χ1) is 4.54. The van der Waals surface area contributed by atoms with E-state index < -0.39 is 0 Å². The summed E-state index contributed by atoms with van der Waals surface area (Å²) >= 11 is 5.64. The fraction of sp³-hybridized carbons (Fsp3) is 0.556. The summed E-state index contributed by atoms with van der Waals surface area (Å²) in [5.41, 5.74) is 1.36. The molecule has 0 bridgehead atoms. The lowest BCUT2D eigenvalue weighted by atomic mass is 10.1. The molecule has 0 rings (SSSR count). The lowest BCUT2D eigenvalue weighted by Crippen LogP contribution is -1.86. The van der Waals surface area contributed by atoms with Crippen LogP contribution >= 0.6 is 11.6 Å². The molecule has 0 saturated carbocycles. The first-order valence-corrected chi connectivity index (χ1v) is 3.92. The minimum Gasteiger partial charge on any atom is -0.0895 e. The largest absolute Gasteiger partial charge is 0.0895 e. The third kappa shape index (κ3) is 4.63. The summed E-state index contributed by atoms with van der Waals surface area (Å²) in [4.78, 5) is 0. The fourth-order valence-electron chi connectivity index (χ4n) is 0.439. The second kappa shape index (κ2) is 4.56. The standard InChI is InChI=1S/C9H15Cl/c1-7(2)8(3)5-6-9(4)10/h5-7H,1-4H3/b8-5+,9-6+. The van der Waals surface area contributed by atoms with E-state index in [2.05, 4.69) is 26.8 Å². The van der Waals surface area contributed by atoms with Crippen molar-refractivity contribution in [2.45, 2.75) is 27.7 Å². The molecule has 0 heterocycles. The van der Waals surface area contributed by atoms with Gasteiger partial charge in [-0.15, -0.1) is 0 Å². The number of halogens is 1. The summed E-state index contributed by atoms with van der Waals surface area (Å²) in [5, 5.41) is 0.833. The number of allylic oxidation sites excluding steroid dienone is 4. The summed E-state index contributed by atoms with van der Waals surface area (Å²) < 4.78 is 0. The Morgan fingerprint density at radius 3 is 2.00 bits per heavy atom. The van der Waals surface area contributed by atoms with E-state index in [4.69, 9.17) is 11.6 Å². The molecule has 0 spiro atoms. The van der Waals surface area contributed by atoms with Crippen molar-refractivity contribution in [3.63, 3.8) is 0 Å². The summed E-state index contributed by atoms with van der Waals surface area (Å²) in [6.07, 6.45) is 3.99. The van der Waals surface area contributed by atoms with Gasteiger partial charge in [-0.05, 0) is 25.8 Å². The second-order valence-corrected chi connectivity index (χ2v) is 3.41. The van der Waals surface area contributed by atoms with Crippen LogP contribution < -0.4 is 0 Å². The Labute approximate surface area is 68.6 Å². The Morgan fingerprint density at radius 2 is 1.70 bits per heavy atom. The molecule has 0 aliphatic carbocycles. The third-order valence-electron chi connectivity index (χ3n) is 1.49. The molecule has 0 nitrogen and oxygen atoms in total. The lowest BCUT2D eigenvalue weighted by Gasteiger charge is -2.01. The molecule has 0 aliphatic rings. The number of rotatable bonds is 2. The minimum absolute atomic E-state index is 0.618. The van der Waals surface area contributed by atoms with Gasteiger partial charge in [0.25, 0.3) is 0 Å². The summed E-state index contributed by atoms with van der Waals surface area (Å²) in [6.45, 7) is 8.33. The Bertz CT molecular complexity index is 148. The van der Waals surface area contributed by atoms with E-state index in [1.165, 1.54) is 5.57 Å². The van der Waals surface area contributed by atoms with Gasteiger partial charge in [0.1, 0.15) is 0 Å². The molecule has 0 amide bonds. The molecule has 0 aromatic heterocycles. The topological polar surface area (TPSA) is 0 Å². The van der Waals surface area contributed by atoms with Gasteiger partial charge in [-0.25, -0.2) is 0 Å². The predicted molar refractivity (Wildman–Crippen MR) is 48.2 cm³/mol.